The van der Waals surface area contributed by atoms with Crippen molar-refractivity contribution in [3.8, 4) is 5.75 Å². The van der Waals surface area contributed by atoms with Crippen LogP contribution in [0.25, 0.3) is 0 Å². The summed E-state index contributed by atoms with van der Waals surface area (Å²) in [6.45, 7) is 6.04. The Morgan fingerprint density at radius 3 is 2.65 bits per heavy atom. The van der Waals surface area contributed by atoms with Gasteiger partial charge in [0.25, 0.3) is 5.91 Å². The number of hydrogen-bond acceptors (Lipinski definition) is 3. The number of nitrogens with zero attached hydrogens (tertiary/aromatic N) is 1. The lowest BCUT2D eigenvalue weighted by Gasteiger charge is -2.25. The first kappa shape index (κ1) is 16.8. The number of benzene rings is 1. The Morgan fingerprint density at radius 2 is 2.10 bits per heavy atom. The van der Waals surface area contributed by atoms with E-state index in [1.54, 1.807) is 6.92 Å². The molecule has 1 fully saturated rings. The lowest BCUT2D eigenvalue weighted by molar-refractivity contribution is -0.137. The van der Waals surface area contributed by atoms with Crippen molar-refractivity contribution in [1.29, 1.82) is 0 Å². The van der Waals surface area contributed by atoms with Crippen LogP contribution in [0, 0.1) is 5.41 Å². The Bertz CT molecular complexity index is 441. The number of para-hydroxylation sites is 1. The molecule has 112 valence electrons. The minimum Gasteiger partial charge on any atom is -0.481 e. The van der Waals surface area contributed by atoms with Crippen LogP contribution >= 0.6 is 12.4 Å². The van der Waals surface area contributed by atoms with Crippen LogP contribution in [0.1, 0.15) is 20.3 Å². The first-order chi connectivity index (χ1) is 9.04. The Labute approximate surface area is 126 Å². The highest BCUT2D eigenvalue weighted by molar-refractivity contribution is 5.85. The number of rotatable bonds is 4. The fourth-order valence-corrected chi connectivity index (χ4v) is 2.39. The predicted octanol–water partition coefficient (Wildman–Crippen LogP) is 2.07. The first-order valence-corrected chi connectivity index (χ1v) is 6.75. The Morgan fingerprint density at radius 1 is 1.45 bits per heavy atom. The van der Waals surface area contributed by atoms with Crippen molar-refractivity contribution < 1.29 is 9.53 Å². The number of carbonyl (C=O) groups is 1. The molecule has 4 nitrogen and oxygen atoms in total. The van der Waals surface area contributed by atoms with Crippen molar-refractivity contribution in [2.24, 2.45) is 11.1 Å². The van der Waals surface area contributed by atoms with E-state index in [2.05, 4.69) is 6.92 Å². The maximum absolute atomic E-state index is 12.3. The third-order valence-electron chi connectivity index (χ3n) is 3.77. The van der Waals surface area contributed by atoms with E-state index >= 15 is 0 Å². The minimum atomic E-state index is -0.456. The summed E-state index contributed by atoms with van der Waals surface area (Å²) in [5.74, 6) is 0.769. The molecule has 0 bridgehead atoms. The average Bonchev–Trinajstić information content (AvgIpc) is 2.82. The summed E-state index contributed by atoms with van der Waals surface area (Å²) in [4.78, 5) is 14.2. The molecule has 0 aliphatic carbocycles. The summed E-state index contributed by atoms with van der Waals surface area (Å²) in [6, 6.07) is 9.43. The highest BCUT2D eigenvalue weighted by atomic mass is 35.5. The molecule has 2 atom stereocenters. The summed E-state index contributed by atoms with van der Waals surface area (Å²) < 4.78 is 5.67. The van der Waals surface area contributed by atoms with Gasteiger partial charge >= 0.3 is 0 Å². The molecule has 1 heterocycles. The molecule has 2 N–H and O–H groups in total. The quantitative estimate of drug-likeness (QED) is 0.926. The topological polar surface area (TPSA) is 55.6 Å². The van der Waals surface area contributed by atoms with Gasteiger partial charge in [-0.25, -0.2) is 0 Å². The predicted molar refractivity (Wildman–Crippen MR) is 82.1 cm³/mol. The lowest BCUT2D eigenvalue weighted by Crippen LogP contribution is -2.41. The number of amides is 1. The molecule has 1 aromatic carbocycles. The van der Waals surface area contributed by atoms with Crippen molar-refractivity contribution in [2.75, 3.05) is 19.6 Å². The maximum atomic E-state index is 12.3. The minimum absolute atomic E-state index is 0. The third-order valence-corrected chi connectivity index (χ3v) is 3.77. The van der Waals surface area contributed by atoms with Gasteiger partial charge in [0.1, 0.15) is 5.75 Å². The van der Waals surface area contributed by atoms with Crippen molar-refractivity contribution in [1.82, 2.24) is 4.90 Å². The SMILES string of the molecule is CC(Oc1ccccc1)C(=O)N1CCC(C)(CN)C1.Cl. The Kier molecular flexibility index (Phi) is 5.84. The van der Waals surface area contributed by atoms with E-state index in [0.29, 0.717) is 6.54 Å². The Balaban J connectivity index is 0.00000200. The molecule has 1 aliphatic rings. The zero-order chi connectivity index (χ0) is 13.9. The Hall–Kier alpha value is -1.26. The van der Waals surface area contributed by atoms with Gasteiger partial charge in [-0.1, -0.05) is 25.1 Å². The van der Waals surface area contributed by atoms with Crippen molar-refractivity contribution in [3.63, 3.8) is 0 Å². The fourth-order valence-electron chi connectivity index (χ4n) is 2.39. The van der Waals surface area contributed by atoms with Gasteiger partial charge in [-0.3, -0.25) is 4.79 Å². The number of halogens is 1. The van der Waals surface area contributed by atoms with Crippen LogP contribution in [-0.2, 0) is 4.79 Å². The molecule has 20 heavy (non-hydrogen) atoms. The zero-order valence-corrected chi connectivity index (χ0v) is 12.9. The molecule has 1 amide bonds. The van der Waals surface area contributed by atoms with E-state index in [-0.39, 0.29) is 23.7 Å². The molecule has 1 aliphatic heterocycles. The summed E-state index contributed by atoms with van der Waals surface area (Å²) in [5, 5.41) is 0. The van der Waals surface area contributed by atoms with Crippen molar-refractivity contribution in [3.05, 3.63) is 30.3 Å². The van der Waals surface area contributed by atoms with Crippen LogP contribution in [0.5, 0.6) is 5.75 Å². The van der Waals surface area contributed by atoms with Gasteiger partial charge in [0.15, 0.2) is 6.10 Å². The van der Waals surface area contributed by atoms with E-state index in [1.165, 1.54) is 0 Å². The molecule has 0 aromatic heterocycles. The second-order valence-corrected chi connectivity index (χ2v) is 5.60. The van der Waals surface area contributed by atoms with Crippen LogP contribution in [0.2, 0.25) is 0 Å². The van der Waals surface area contributed by atoms with Gasteiger partial charge < -0.3 is 15.4 Å². The summed E-state index contributed by atoms with van der Waals surface area (Å²) >= 11 is 0. The molecule has 0 radical (unpaired) electrons. The number of likely N-dealkylation sites (tertiary alicyclic amines) is 1. The van der Waals surface area contributed by atoms with Gasteiger partial charge in [-0.05, 0) is 37.4 Å². The molecule has 0 spiro atoms. The molecule has 2 unspecified atom stereocenters. The van der Waals surface area contributed by atoms with Crippen LogP contribution in [0.3, 0.4) is 0 Å². The molecule has 1 saturated heterocycles. The van der Waals surface area contributed by atoms with Gasteiger partial charge in [-0.15, -0.1) is 12.4 Å². The van der Waals surface area contributed by atoms with Crippen LogP contribution in [0.15, 0.2) is 30.3 Å². The molecule has 1 aromatic rings. The van der Waals surface area contributed by atoms with Gasteiger partial charge in [0, 0.05) is 13.1 Å². The monoisotopic (exact) mass is 298 g/mol. The standard InChI is InChI=1S/C15H22N2O2.ClH/c1-12(19-13-6-4-3-5-7-13)14(18)17-9-8-15(2,10-16)11-17;/h3-7,12H,8-11,16H2,1-2H3;1H. The maximum Gasteiger partial charge on any atom is 0.263 e. The molecular weight excluding hydrogens is 276 g/mol. The molecule has 0 saturated carbocycles. The number of nitrogens with two attached hydrogens (primary N) is 1. The van der Waals surface area contributed by atoms with Crippen molar-refractivity contribution in [2.45, 2.75) is 26.4 Å². The lowest BCUT2D eigenvalue weighted by atomic mass is 9.90. The van der Waals surface area contributed by atoms with Gasteiger partial charge in [0.05, 0.1) is 0 Å². The van der Waals surface area contributed by atoms with Crippen LogP contribution in [0.4, 0.5) is 0 Å². The third kappa shape index (κ3) is 3.87. The molecule has 5 heteroatoms. The van der Waals surface area contributed by atoms with E-state index in [9.17, 15) is 4.79 Å². The second-order valence-electron chi connectivity index (χ2n) is 5.60. The summed E-state index contributed by atoms with van der Waals surface area (Å²) in [5.41, 5.74) is 5.82. The summed E-state index contributed by atoms with van der Waals surface area (Å²) in [7, 11) is 0. The number of hydrogen-bond donors (Lipinski definition) is 1. The van der Waals surface area contributed by atoms with E-state index in [1.807, 2.05) is 35.2 Å². The number of ether oxygens (including phenoxy) is 1. The molecule has 2 rings (SSSR count). The van der Waals surface area contributed by atoms with Crippen molar-refractivity contribution >= 4 is 18.3 Å². The van der Waals surface area contributed by atoms with E-state index < -0.39 is 6.10 Å². The van der Waals surface area contributed by atoms with Crippen LogP contribution in [-0.4, -0.2) is 36.5 Å². The fraction of sp³-hybridized carbons (Fsp3) is 0.533. The van der Waals surface area contributed by atoms with Crippen LogP contribution < -0.4 is 10.5 Å². The van der Waals surface area contributed by atoms with E-state index in [4.69, 9.17) is 10.5 Å². The largest absolute Gasteiger partial charge is 0.481 e. The highest BCUT2D eigenvalue weighted by Crippen LogP contribution is 2.29. The molecular formula is C15H23ClN2O2. The normalized spacial score (nSPS) is 23.1. The smallest absolute Gasteiger partial charge is 0.263 e. The van der Waals surface area contributed by atoms with E-state index in [0.717, 1.165) is 25.3 Å². The average molecular weight is 299 g/mol. The summed E-state index contributed by atoms with van der Waals surface area (Å²) in [6.07, 6.45) is 0.510. The first-order valence-electron chi connectivity index (χ1n) is 6.75. The number of carbonyl (C=O) groups excluding carboxylic acids is 1. The second kappa shape index (κ2) is 6.95. The van der Waals surface area contributed by atoms with Gasteiger partial charge in [0.2, 0.25) is 0 Å². The highest BCUT2D eigenvalue weighted by Gasteiger charge is 2.36. The van der Waals surface area contributed by atoms with Gasteiger partial charge in [-0.2, -0.15) is 0 Å². The zero-order valence-electron chi connectivity index (χ0n) is 12.0.